The van der Waals surface area contributed by atoms with Crippen molar-refractivity contribution in [1.29, 1.82) is 0 Å². The summed E-state index contributed by atoms with van der Waals surface area (Å²) in [5.74, 6) is -0.196. The van der Waals surface area contributed by atoms with Crippen LogP contribution in [0.15, 0.2) is 0 Å². The van der Waals surface area contributed by atoms with E-state index in [0.717, 1.165) is 19.3 Å². The Hall–Kier alpha value is -0.130. The lowest BCUT2D eigenvalue weighted by molar-refractivity contribution is 0.167. The molecule has 5 heteroatoms. The molecular weight excluding hydrogens is 226 g/mol. The van der Waals surface area contributed by atoms with Crippen molar-refractivity contribution in [3.8, 4) is 0 Å². The second kappa shape index (κ2) is 5.02. The Morgan fingerprint density at radius 1 is 1.31 bits per heavy atom. The lowest BCUT2D eigenvalue weighted by Gasteiger charge is -2.36. The van der Waals surface area contributed by atoms with E-state index in [-0.39, 0.29) is 11.3 Å². The molecule has 1 rings (SSSR count). The molecule has 1 aliphatic carbocycles. The van der Waals surface area contributed by atoms with Crippen LogP contribution in [-0.4, -0.2) is 18.3 Å². The molecule has 0 aromatic heterocycles. The fourth-order valence-electron chi connectivity index (χ4n) is 2.80. The van der Waals surface area contributed by atoms with Crippen molar-refractivity contribution in [3.05, 3.63) is 0 Å². The summed E-state index contributed by atoms with van der Waals surface area (Å²) in [4.78, 5) is 0. The Labute approximate surface area is 98.4 Å². The van der Waals surface area contributed by atoms with Gasteiger partial charge in [0.2, 0.25) is 0 Å². The largest absolute Gasteiger partial charge is 0.313 e. The number of rotatable bonds is 4. The summed E-state index contributed by atoms with van der Waals surface area (Å²) < 4.78 is 30.8. The highest BCUT2D eigenvalue weighted by atomic mass is 32.2. The highest BCUT2D eigenvalue weighted by Gasteiger charge is 2.33. The molecule has 16 heavy (non-hydrogen) atoms. The third kappa shape index (κ3) is 3.71. The van der Waals surface area contributed by atoms with Crippen LogP contribution in [0, 0.1) is 11.3 Å². The van der Waals surface area contributed by atoms with Gasteiger partial charge < -0.3 is 5.73 Å². The van der Waals surface area contributed by atoms with Crippen LogP contribution < -0.4 is 5.73 Å². The molecule has 0 aliphatic heterocycles. The van der Waals surface area contributed by atoms with Crippen molar-refractivity contribution < 1.29 is 13.0 Å². The Morgan fingerprint density at radius 2 is 1.81 bits per heavy atom. The van der Waals surface area contributed by atoms with E-state index >= 15 is 0 Å². The molecule has 1 saturated carbocycles. The zero-order chi connectivity index (χ0) is 12.4. The van der Waals surface area contributed by atoms with Gasteiger partial charge in [-0.05, 0) is 30.6 Å². The molecule has 1 aliphatic rings. The molecule has 2 unspecified atom stereocenters. The molecule has 0 amide bonds. The zero-order valence-electron chi connectivity index (χ0n) is 10.1. The molecule has 0 radical (unpaired) electrons. The maximum absolute atomic E-state index is 10.9. The zero-order valence-corrected chi connectivity index (χ0v) is 11.0. The molecule has 3 N–H and O–H groups in total. The van der Waals surface area contributed by atoms with Gasteiger partial charge in [0, 0.05) is 0 Å². The average molecular weight is 249 g/mol. The second-order valence-corrected chi connectivity index (χ2v) is 7.11. The van der Waals surface area contributed by atoms with E-state index in [1.54, 1.807) is 6.92 Å². The van der Waals surface area contributed by atoms with Crippen LogP contribution in [0.5, 0.6) is 0 Å². The quantitative estimate of drug-likeness (QED) is 0.748. The van der Waals surface area contributed by atoms with E-state index in [9.17, 15) is 8.42 Å². The third-order valence-electron chi connectivity index (χ3n) is 3.78. The second-order valence-electron chi connectivity index (χ2n) is 5.53. The minimum atomic E-state index is -4.10. The van der Waals surface area contributed by atoms with Gasteiger partial charge >= 0.3 is 0 Å². The van der Waals surface area contributed by atoms with Crippen LogP contribution in [-0.2, 0) is 10.1 Å². The first kappa shape index (κ1) is 13.9. The lowest BCUT2D eigenvalue weighted by atomic mass is 9.71. The summed E-state index contributed by atoms with van der Waals surface area (Å²) in [5, 5.41) is -1.15. The Bertz CT molecular complexity index is 320. The summed E-state index contributed by atoms with van der Waals surface area (Å²) >= 11 is 0. The van der Waals surface area contributed by atoms with E-state index in [4.69, 9.17) is 10.3 Å². The van der Waals surface area contributed by atoms with Crippen LogP contribution in [0.2, 0.25) is 0 Å². The number of hydrogen-bond acceptors (Lipinski definition) is 3. The van der Waals surface area contributed by atoms with Crippen LogP contribution >= 0.6 is 0 Å². The average Bonchev–Trinajstić information content (AvgIpc) is 2.15. The van der Waals surface area contributed by atoms with Crippen LogP contribution in [0.25, 0.3) is 0 Å². The van der Waals surface area contributed by atoms with E-state index < -0.39 is 15.5 Å². The van der Waals surface area contributed by atoms with Gasteiger partial charge in [0.1, 0.15) is 5.37 Å². The monoisotopic (exact) mass is 249 g/mol. The minimum Gasteiger partial charge on any atom is -0.313 e. The molecule has 4 nitrogen and oxygen atoms in total. The summed E-state index contributed by atoms with van der Waals surface area (Å²) in [5.41, 5.74) is 5.73. The first-order chi connectivity index (χ1) is 7.25. The Kier molecular flexibility index (Phi) is 4.37. The van der Waals surface area contributed by atoms with Gasteiger partial charge in [-0.15, -0.1) is 0 Å². The molecule has 0 heterocycles. The van der Waals surface area contributed by atoms with E-state index in [2.05, 4.69) is 6.92 Å². The molecule has 2 atom stereocenters. The SMILES string of the molecule is CC(CC1(C)CCCCC1)C(N)S(=O)(=O)O. The standard InChI is InChI=1S/C11H23NO3S/c1-9(10(12)16(13,14)15)8-11(2)6-4-3-5-7-11/h9-10H,3-8,12H2,1-2H3,(H,13,14,15). The van der Waals surface area contributed by atoms with Gasteiger partial charge in [0.25, 0.3) is 10.1 Å². The predicted octanol–water partition coefficient (Wildman–Crippen LogP) is 2.16. The van der Waals surface area contributed by atoms with Crippen molar-refractivity contribution in [2.24, 2.45) is 17.1 Å². The summed E-state index contributed by atoms with van der Waals surface area (Å²) in [6.45, 7) is 4.00. The molecule has 0 aromatic carbocycles. The molecule has 0 aromatic rings. The molecule has 96 valence electrons. The topological polar surface area (TPSA) is 80.4 Å². The van der Waals surface area contributed by atoms with Gasteiger partial charge in [-0.2, -0.15) is 8.42 Å². The van der Waals surface area contributed by atoms with Crippen molar-refractivity contribution in [2.75, 3.05) is 0 Å². The van der Waals surface area contributed by atoms with Crippen molar-refractivity contribution in [1.82, 2.24) is 0 Å². The third-order valence-corrected chi connectivity index (χ3v) is 4.93. The predicted molar refractivity (Wildman–Crippen MR) is 64.5 cm³/mol. The summed E-state index contributed by atoms with van der Waals surface area (Å²) in [6.07, 6.45) is 6.74. The van der Waals surface area contributed by atoms with E-state index in [0.29, 0.717) is 0 Å². The van der Waals surface area contributed by atoms with Gasteiger partial charge in [-0.1, -0.05) is 33.1 Å². The lowest BCUT2D eigenvalue weighted by Crippen LogP contribution is -2.39. The van der Waals surface area contributed by atoms with Gasteiger partial charge in [0.05, 0.1) is 0 Å². The van der Waals surface area contributed by atoms with Crippen molar-refractivity contribution in [2.45, 2.75) is 57.7 Å². The van der Waals surface area contributed by atoms with Crippen molar-refractivity contribution >= 4 is 10.1 Å². The summed E-state index contributed by atoms with van der Waals surface area (Å²) in [6, 6.07) is 0. The minimum absolute atomic E-state index is 0.194. The van der Waals surface area contributed by atoms with E-state index in [1.807, 2.05) is 0 Å². The molecule has 0 saturated heterocycles. The molecule has 1 fully saturated rings. The number of hydrogen-bond donors (Lipinski definition) is 2. The first-order valence-corrected chi connectivity index (χ1v) is 7.47. The normalized spacial score (nSPS) is 25.0. The highest BCUT2D eigenvalue weighted by molar-refractivity contribution is 7.86. The maximum Gasteiger partial charge on any atom is 0.281 e. The van der Waals surface area contributed by atoms with Crippen molar-refractivity contribution in [3.63, 3.8) is 0 Å². The van der Waals surface area contributed by atoms with Crippen LogP contribution in [0.3, 0.4) is 0 Å². The fourth-order valence-corrected chi connectivity index (χ4v) is 3.48. The summed E-state index contributed by atoms with van der Waals surface area (Å²) in [7, 11) is -4.10. The van der Waals surface area contributed by atoms with Gasteiger partial charge in [-0.3, -0.25) is 4.55 Å². The Balaban J connectivity index is 2.59. The molecule has 0 spiro atoms. The smallest absolute Gasteiger partial charge is 0.281 e. The van der Waals surface area contributed by atoms with Gasteiger partial charge in [-0.25, -0.2) is 0 Å². The highest BCUT2D eigenvalue weighted by Crippen LogP contribution is 2.41. The first-order valence-electron chi connectivity index (χ1n) is 5.96. The molecular formula is C11H23NO3S. The van der Waals surface area contributed by atoms with E-state index in [1.165, 1.54) is 19.3 Å². The Morgan fingerprint density at radius 3 is 2.25 bits per heavy atom. The molecule has 0 bridgehead atoms. The maximum atomic E-state index is 10.9. The number of nitrogens with two attached hydrogens (primary N) is 1. The van der Waals surface area contributed by atoms with Crippen LogP contribution in [0.4, 0.5) is 0 Å². The van der Waals surface area contributed by atoms with Crippen LogP contribution in [0.1, 0.15) is 52.4 Å². The fraction of sp³-hybridized carbons (Fsp3) is 1.00. The van der Waals surface area contributed by atoms with Gasteiger partial charge in [0.15, 0.2) is 0 Å².